The van der Waals surface area contributed by atoms with Crippen molar-refractivity contribution >= 4 is 5.97 Å². The van der Waals surface area contributed by atoms with Gasteiger partial charge in [0.15, 0.2) is 0 Å². The standard InChI is InChI=1S/C14H20O4/c1-9(2)8-17-12-5-11(14(15)16)6-13(7-12)18-10(3)4/h5-7,9-10H,8H2,1-4H3,(H,15,16). The summed E-state index contributed by atoms with van der Waals surface area (Å²) in [6.07, 6.45) is -0.00741. The van der Waals surface area contributed by atoms with Gasteiger partial charge in [0, 0.05) is 6.07 Å². The van der Waals surface area contributed by atoms with E-state index < -0.39 is 5.97 Å². The van der Waals surface area contributed by atoms with E-state index in [1.54, 1.807) is 6.07 Å². The predicted octanol–water partition coefficient (Wildman–Crippen LogP) is 3.21. The minimum Gasteiger partial charge on any atom is -0.493 e. The zero-order chi connectivity index (χ0) is 13.7. The highest BCUT2D eigenvalue weighted by molar-refractivity contribution is 5.88. The summed E-state index contributed by atoms with van der Waals surface area (Å²) >= 11 is 0. The van der Waals surface area contributed by atoms with Gasteiger partial charge in [-0.1, -0.05) is 13.8 Å². The molecule has 0 spiro atoms. The summed E-state index contributed by atoms with van der Waals surface area (Å²) in [6.45, 7) is 8.40. The summed E-state index contributed by atoms with van der Waals surface area (Å²) in [5.74, 6) is 0.439. The summed E-state index contributed by atoms with van der Waals surface area (Å²) in [4.78, 5) is 11.0. The predicted molar refractivity (Wildman–Crippen MR) is 69.5 cm³/mol. The van der Waals surface area contributed by atoms with Crippen LogP contribution in [0.4, 0.5) is 0 Å². The number of carboxylic acids is 1. The molecule has 1 aromatic rings. The van der Waals surface area contributed by atoms with Crippen LogP contribution in [0.3, 0.4) is 0 Å². The van der Waals surface area contributed by atoms with E-state index in [1.807, 2.05) is 27.7 Å². The Labute approximate surface area is 108 Å². The maximum absolute atomic E-state index is 11.0. The molecular formula is C14H20O4. The number of ether oxygens (including phenoxy) is 2. The van der Waals surface area contributed by atoms with Crippen LogP contribution < -0.4 is 9.47 Å². The third kappa shape index (κ3) is 4.65. The Morgan fingerprint density at radius 2 is 1.78 bits per heavy atom. The van der Waals surface area contributed by atoms with Crippen molar-refractivity contribution in [1.82, 2.24) is 0 Å². The summed E-state index contributed by atoms with van der Waals surface area (Å²) in [6, 6.07) is 4.73. The molecule has 0 aromatic heterocycles. The van der Waals surface area contributed by atoms with Gasteiger partial charge in [0.25, 0.3) is 0 Å². The van der Waals surface area contributed by atoms with Gasteiger partial charge in [0.2, 0.25) is 0 Å². The van der Waals surface area contributed by atoms with E-state index in [0.717, 1.165) is 0 Å². The molecule has 0 amide bonds. The van der Waals surface area contributed by atoms with Gasteiger partial charge >= 0.3 is 5.97 Å². The third-order valence-electron chi connectivity index (χ3n) is 2.08. The van der Waals surface area contributed by atoms with Gasteiger partial charge < -0.3 is 14.6 Å². The van der Waals surface area contributed by atoms with Crippen molar-refractivity contribution in [2.24, 2.45) is 5.92 Å². The van der Waals surface area contributed by atoms with Crippen LogP contribution >= 0.6 is 0 Å². The fourth-order valence-corrected chi connectivity index (χ4v) is 1.38. The maximum atomic E-state index is 11.0. The van der Waals surface area contributed by atoms with Crippen LogP contribution in [0.5, 0.6) is 11.5 Å². The third-order valence-corrected chi connectivity index (χ3v) is 2.08. The van der Waals surface area contributed by atoms with Crippen molar-refractivity contribution in [3.63, 3.8) is 0 Å². The van der Waals surface area contributed by atoms with E-state index in [4.69, 9.17) is 14.6 Å². The first kappa shape index (κ1) is 14.4. The molecule has 0 fully saturated rings. The SMILES string of the molecule is CC(C)COc1cc(OC(C)C)cc(C(=O)O)c1. The van der Waals surface area contributed by atoms with Crippen LogP contribution in [0.15, 0.2) is 18.2 Å². The Morgan fingerprint density at radius 3 is 2.28 bits per heavy atom. The number of aromatic carboxylic acids is 1. The number of benzene rings is 1. The molecule has 0 radical (unpaired) electrons. The molecular weight excluding hydrogens is 232 g/mol. The lowest BCUT2D eigenvalue weighted by molar-refractivity contribution is 0.0695. The van der Waals surface area contributed by atoms with Gasteiger partial charge in [-0.2, -0.15) is 0 Å². The molecule has 1 N–H and O–H groups in total. The minimum absolute atomic E-state index is 0.00741. The number of carbonyl (C=O) groups is 1. The molecule has 0 heterocycles. The van der Waals surface area contributed by atoms with E-state index in [1.165, 1.54) is 12.1 Å². The smallest absolute Gasteiger partial charge is 0.335 e. The Balaban J connectivity index is 2.94. The summed E-state index contributed by atoms with van der Waals surface area (Å²) < 4.78 is 11.0. The van der Waals surface area contributed by atoms with Crippen LogP contribution in [0.1, 0.15) is 38.1 Å². The molecule has 0 bridgehead atoms. The summed E-state index contributed by atoms with van der Waals surface area (Å²) in [5.41, 5.74) is 0.173. The summed E-state index contributed by atoms with van der Waals surface area (Å²) in [5, 5.41) is 9.03. The van der Waals surface area contributed by atoms with E-state index >= 15 is 0 Å². The van der Waals surface area contributed by atoms with Crippen LogP contribution in [-0.4, -0.2) is 23.8 Å². The summed E-state index contributed by atoms with van der Waals surface area (Å²) in [7, 11) is 0. The largest absolute Gasteiger partial charge is 0.493 e. The van der Waals surface area contributed by atoms with Crippen LogP contribution in [0.25, 0.3) is 0 Å². The Hall–Kier alpha value is -1.71. The molecule has 100 valence electrons. The molecule has 0 atom stereocenters. The average Bonchev–Trinajstić information content (AvgIpc) is 2.25. The van der Waals surface area contributed by atoms with Crippen molar-refractivity contribution in [3.8, 4) is 11.5 Å². The molecule has 18 heavy (non-hydrogen) atoms. The lowest BCUT2D eigenvalue weighted by Crippen LogP contribution is -2.09. The van der Waals surface area contributed by atoms with E-state index in [0.29, 0.717) is 24.0 Å². The van der Waals surface area contributed by atoms with E-state index in [-0.39, 0.29) is 11.7 Å². The second-order valence-corrected chi connectivity index (χ2v) is 4.87. The quantitative estimate of drug-likeness (QED) is 0.844. The fourth-order valence-electron chi connectivity index (χ4n) is 1.38. The zero-order valence-electron chi connectivity index (χ0n) is 11.3. The molecule has 4 heteroatoms. The molecule has 0 aliphatic heterocycles. The molecule has 1 rings (SSSR count). The van der Waals surface area contributed by atoms with Crippen molar-refractivity contribution < 1.29 is 19.4 Å². The highest BCUT2D eigenvalue weighted by atomic mass is 16.5. The molecule has 0 unspecified atom stereocenters. The molecule has 0 saturated heterocycles. The highest BCUT2D eigenvalue weighted by Gasteiger charge is 2.10. The van der Waals surface area contributed by atoms with Gasteiger partial charge in [0.1, 0.15) is 11.5 Å². The average molecular weight is 252 g/mol. The maximum Gasteiger partial charge on any atom is 0.335 e. The Bertz CT molecular complexity index is 410. The van der Waals surface area contributed by atoms with Crippen LogP contribution in [0, 0.1) is 5.92 Å². The second-order valence-electron chi connectivity index (χ2n) is 4.87. The van der Waals surface area contributed by atoms with E-state index in [9.17, 15) is 4.79 Å². The normalized spacial score (nSPS) is 10.8. The molecule has 1 aromatic carbocycles. The first-order valence-electron chi connectivity index (χ1n) is 6.06. The number of hydrogen-bond donors (Lipinski definition) is 1. The van der Waals surface area contributed by atoms with Crippen molar-refractivity contribution in [2.75, 3.05) is 6.61 Å². The minimum atomic E-state index is -0.987. The van der Waals surface area contributed by atoms with Crippen molar-refractivity contribution in [1.29, 1.82) is 0 Å². The molecule has 0 aliphatic carbocycles. The highest BCUT2D eigenvalue weighted by Crippen LogP contribution is 2.24. The van der Waals surface area contributed by atoms with Crippen LogP contribution in [0.2, 0.25) is 0 Å². The first-order chi connectivity index (χ1) is 8.38. The number of hydrogen-bond acceptors (Lipinski definition) is 3. The Morgan fingerprint density at radius 1 is 1.17 bits per heavy atom. The Kier molecular flexibility index (Phi) is 5.01. The van der Waals surface area contributed by atoms with Crippen molar-refractivity contribution in [2.45, 2.75) is 33.8 Å². The second kappa shape index (κ2) is 6.28. The monoisotopic (exact) mass is 252 g/mol. The number of rotatable bonds is 6. The lowest BCUT2D eigenvalue weighted by atomic mass is 10.2. The number of carboxylic acid groups (broad SMARTS) is 1. The van der Waals surface area contributed by atoms with Gasteiger partial charge in [-0.15, -0.1) is 0 Å². The van der Waals surface area contributed by atoms with Crippen molar-refractivity contribution in [3.05, 3.63) is 23.8 Å². The molecule has 0 saturated carbocycles. The lowest BCUT2D eigenvalue weighted by Gasteiger charge is -2.14. The van der Waals surface area contributed by atoms with Gasteiger partial charge in [-0.3, -0.25) is 0 Å². The van der Waals surface area contributed by atoms with Gasteiger partial charge in [0.05, 0.1) is 18.3 Å². The van der Waals surface area contributed by atoms with E-state index in [2.05, 4.69) is 0 Å². The van der Waals surface area contributed by atoms with Gasteiger partial charge in [-0.05, 0) is 31.9 Å². The molecule has 4 nitrogen and oxygen atoms in total. The van der Waals surface area contributed by atoms with Gasteiger partial charge in [-0.25, -0.2) is 4.79 Å². The first-order valence-corrected chi connectivity index (χ1v) is 6.06. The van der Waals surface area contributed by atoms with Crippen LogP contribution in [-0.2, 0) is 0 Å². The fraction of sp³-hybridized carbons (Fsp3) is 0.500. The molecule has 0 aliphatic rings. The zero-order valence-corrected chi connectivity index (χ0v) is 11.3. The topological polar surface area (TPSA) is 55.8 Å².